The molecule has 0 unspecified atom stereocenters. The molecule has 1 aromatic rings. The highest BCUT2D eigenvalue weighted by molar-refractivity contribution is 5.95. The number of nitro groups is 1. The van der Waals surface area contributed by atoms with E-state index in [0.29, 0.717) is 31.6 Å². The number of carbonyl (C=O) groups excluding carboxylic acids is 1. The number of nitrogens with one attached hydrogen (secondary N) is 1. The third-order valence-electron chi connectivity index (χ3n) is 3.79. The lowest BCUT2D eigenvalue weighted by Crippen LogP contribution is -2.39. The number of aryl methyl sites for hydroxylation is 1. The summed E-state index contributed by atoms with van der Waals surface area (Å²) in [7, 11) is 0. The third kappa shape index (κ3) is 3.40. The number of nitrogens with zero attached hydrogens (tertiary/aromatic N) is 2. The van der Waals surface area contributed by atoms with Crippen LogP contribution in [0, 0.1) is 27.4 Å². The molecule has 0 bridgehead atoms. The number of rotatable bonds is 5. The Morgan fingerprint density at radius 1 is 1.64 bits per heavy atom. The second-order valence-corrected chi connectivity index (χ2v) is 5.16. The Morgan fingerprint density at radius 3 is 2.95 bits per heavy atom. The van der Waals surface area contributed by atoms with E-state index in [1.165, 1.54) is 6.07 Å². The van der Waals surface area contributed by atoms with E-state index in [4.69, 9.17) is 4.74 Å². The number of nitro benzene ring substituents is 1. The van der Waals surface area contributed by atoms with Crippen molar-refractivity contribution in [2.24, 2.45) is 5.92 Å². The Kier molecular flexibility index (Phi) is 5.07. The van der Waals surface area contributed by atoms with Crippen molar-refractivity contribution >= 4 is 11.6 Å². The summed E-state index contributed by atoms with van der Waals surface area (Å²) < 4.78 is 5.22. The van der Waals surface area contributed by atoms with Gasteiger partial charge in [0.1, 0.15) is 6.04 Å². The monoisotopic (exact) mass is 303 g/mol. The Balaban J connectivity index is 2.16. The van der Waals surface area contributed by atoms with E-state index in [1.54, 1.807) is 12.1 Å². The van der Waals surface area contributed by atoms with Crippen LogP contribution in [-0.2, 0) is 11.2 Å². The topological polar surface area (TPSA) is 105 Å². The maximum Gasteiger partial charge on any atom is 0.273 e. The van der Waals surface area contributed by atoms with Crippen LogP contribution in [-0.4, -0.2) is 30.1 Å². The predicted molar refractivity (Wildman–Crippen MR) is 78.3 cm³/mol. The van der Waals surface area contributed by atoms with Crippen LogP contribution in [0.4, 0.5) is 5.69 Å². The number of carbonyl (C=O) groups is 1. The molecule has 22 heavy (non-hydrogen) atoms. The van der Waals surface area contributed by atoms with E-state index in [2.05, 4.69) is 11.4 Å². The summed E-state index contributed by atoms with van der Waals surface area (Å²) in [6.07, 6.45) is 1.23. The highest BCUT2D eigenvalue weighted by Gasteiger charge is 2.27. The highest BCUT2D eigenvalue weighted by atomic mass is 16.6. The van der Waals surface area contributed by atoms with Crippen LogP contribution < -0.4 is 5.32 Å². The molecule has 0 aromatic heterocycles. The lowest BCUT2D eigenvalue weighted by molar-refractivity contribution is -0.385. The molecule has 1 saturated heterocycles. The second kappa shape index (κ2) is 7.00. The number of hydrogen-bond acceptors (Lipinski definition) is 5. The molecule has 116 valence electrons. The van der Waals surface area contributed by atoms with Crippen molar-refractivity contribution in [1.29, 1.82) is 5.26 Å². The van der Waals surface area contributed by atoms with Gasteiger partial charge in [0.15, 0.2) is 0 Å². The number of amides is 1. The van der Waals surface area contributed by atoms with Gasteiger partial charge in [-0.3, -0.25) is 14.9 Å². The molecule has 2 rings (SSSR count). The van der Waals surface area contributed by atoms with Gasteiger partial charge >= 0.3 is 0 Å². The normalized spacial score (nSPS) is 18.5. The van der Waals surface area contributed by atoms with Crippen molar-refractivity contribution in [3.63, 3.8) is 0 Å². The van der Waals surface area contributed by atoms with E-state index < -0.39 is 16.9 Å². The lowest BCUT2D eigenvalue weighted by Gasteiger charge is -2.16. The zero-order valence-corrected chi connectivity index (χ0v) is 12.2. The van der Waals surface area contributed by atoms with E-state index in [0.717, 1.165) is 0 Å². The minimum atomic E-state index is -0.653. The lowest BCUT2D eigenvalue weighted by atomic mass is 9.99. The first-order chi connectivity index (χ1) is 10.6. The Labute approximate surface area is 128 Å². The molecule has 1 aromatic carbocycles. The molecule has 1 N–H and O–H groups in total. The van der Waals surface area contributed by atoms with Crippen LogP contribution in [0.1, 0.15) is 29.3 Å². The molecule has 7 heteroatoms. The van der Waals surface area contributed by atoms with Crippen LogP contribution in [0.2, 0.25) is 0 Å². The fourth-order valence-electron chi connectivity index (χ4n) is 2.47. The maximum atomic E-state index is 12.2. The van der Waals surface area contributed by atoms with Gasteiger partial charge in [0.2, 0.25) is 0 Å². The number of hydrogen-bond donors (Lipinski definition) is 1. The van der Waals surface area contributed by atoms with Crippen molar-refractivity contribution in [2.75, 3.05) is 13.2 Å². The summed E-state index contributed by atoms with van der Waals surface area (Å²) >= 11 is 0. The van der Waals surface area contributed by atoms with Crippen molar-refractivity contribution in [1.82, 2.24) is 5.32 Å². The van der Waals surface area contributed by atoms with Crippen molar-refractivity contribution in [3.8, 4) is 6.07 Å². The van der Waals surface area contributed by atoms with E-state index >= 15 is 0 Å². The van der Waals surface area contributed by atoms with Gasteiger partial charge in [0.05, 0.1) is 17.6 Å². The minimum absolute atomic E-state index is 0.0427. The SMILES string of the molecule is CCc1ccc(C(=O)N[C@H](C#N)[C@@H]2CCOC2)cc1[N+](=O)[O-]. The molecule has 0 radical (unpaired) electrons. The zero-order chi connectivity index (χ0) is 16.1. The van der Waals surface area contributed by atoms with Gasteiger partial charge in [-0.2, -0.15) is 5.26 Å². The zero-order valence-electron chi connectivity index (χ0n) is 12.2. The summed E-state index contributed by atoms with van der Waals surface area (Å²) in [4.78, 5) is 22.8. The summed E-state index contributed by atoms with van der Waals surface area (Å²) in [5, 5.41) is 22.9. The number of ether oxygens (including phenoxy) is 1. The minimum Gasteiger partial charge on any atom is -0.381 e. The third-order valence-corrected chi connectivity index (χ3v) is 3.79. The predicted octanol–water partition coefficient (Wildman–Crippen LogP) is 1.82. The Hall–Kier alpha value is -2.46. The molecule has 1 aliphatic rings. The van der Waals surface area contributed by atoms with Gasteiger partial charge in [0.25, 0.3) is 11.6 Å². The van der Waals surface area contributed by atoms with Gasteiger partial charge < -0.3 is 10.1 Å². The number of nitriles is 1. The van der Waals surface area contributed by atoms with Gasteiger partial charge in [-0.05, 0) is 18.9 Å². The van der Waals surface area contributed by atoms with Crippen LogP contribution in [0.5, 0.6) is 0 Å². The first-order valence-corrected chi connectivity index (χ1v) is 7.12. The summed E-state index contributed by atoms with van der Waals surface area (Å²) in [5.41, 5.74) is 0.679. The van der Waals surface area contributed by atoms with E-state index in [-0.39, 0.29) is 17.2 Å². The molecule has 0 spiro atoms. The summed E-state index contributed by atoms with van der Waals surface area (Å²) in [6.45, 7) is 2.83. The Bertz CT molecular complexity index is 618. The van der Waals surface area contributed by atoms with Crippen LogP contribution in [0.15, 0.2) is 18.2 Å². The smallest absolute Gasteiger partial charge is 0.273 e. The van der Waals surface area contributed by atoms with Crippen molar-refractivity contribution < 1.29 is 14.5 Å². The molecular weight excluding hydrogens is 286 g/mol. The first kappa shape index (κ1) is 15.9. The maximum absolute atomic E-state index is 12.2. The van der Waals surface area contributed by atoms with E-state index in [9.17, 15) is 20.2 Å². The standard InChI is InChI=1S/C15H17N3O4/c1-2-10-3-4-11(7-14(10)18(20)21)15(19)17-13(8-16)12-5-6-22-9-12/h3-4,7,12-13H,2,5-6,9H2,1H3,(H,17,19)/t12-,13-/m1/s1. The van der Waals surface area contributed by atoms with Crippen molar-refractivity contribution in [3.05, 3.63) is 39.4 Å². The second-order valence-electron chi connectivity index (χ2n) is 5.16. The van der Waals surface area contributed by atoms with Gasteiger partial charge in [0, 0.05) is 29.7 Å². The molecule has 1 fully saturated rings. The van der Waals surface area contributed by atoms with Crippen molar-refractivity contribution in [2.45, 2.75) is 25.8 Å². The largest absolute Gasteiger partial charge is 0.381 e. The molecule has 0 saturated carbocycles. The molecule has 2 atom stereocenters. The first-order valence-electron chi connectivity index (χ1n) is 7.12. The fourth-order valence-corrected chi connectivity index (χ4v) is 2.47. The van der Waals surface area contributed by atoms with Crippen LogP contribution in [0.25, 0.3) is 0 Å². The van der Waals surface area contributed by atoms with Gasteiger partial charge in [-0.15, -0.1) is 0 Å². The van der Waals surface area contributed by atoms with Crippen LogP contribution in [0.3, 0.4) is 0 Å². The molecule has 1 amide bonds. The average molecular weight is 303 g/mol. The van der Waals surface area contributed by atoms with Gasteiger partial charge in [-0.1, -0.05) is 13.0 Å². The Morgan fingerprint density at radius 2 is 2.41 bits per heavy atom. The van der Waals surface area contributed by atoms with E-state index in [1.807, 2.05) is 6.92 Å². The quantitative estimate of drug-likeness (QED) is 0.659. The number of benzene rings is 1. The summed E-state index contributed by atoms with van der Waals surface area (Å²) in [6, 6.07) is 5.78. The molecule has 1 aliphatic heterocycles. The highest BCUT2D eigenvalue weighted by Crippen LogP contribution is 2.22. The summed E-state index contributed by atoms with van der Waals surface area (Å²) in [5.74, 6) is -0.525. The molecular formula is C15H17N3O4. The van der Waals surface area contributed by atoms with Gasteiger partial charge in [-0.25, -0.2) is 0 Å². The molecule has 1 heterocycles. The van der Waals surface area contributed by atoms with Crippen LogP contribution >= 0.6 is 0 Å². The molecule has 0 aliphatic carbocycles. The molecule has 7 nitrogen and oxygen atoms in total. The fraction of sp³-hybridized carbons (Fsp3) is 0.467. The average Bonchev–Trinajstić information content (AvgIpc) is 3.05.